The lowest BCUT2D eigenvalue weighted by Crippen LogP contribution is -2.32. The molecule has 1 aliphatic rings. The summed E-state index contributed by atoms with van der Waals surface area (Å²) in [5, 5.41) is 0. The van der Waals surface area contributed by atoms with E-state index in [9.17, 15) is 0 Å². The van der Waals surface area contributed by atoms with Gasteiger partial charge < -0.3 is 18.8 Å². The van der Waals surface area contributed by atoms with Gasteiger partial charge >= 0.3 is 0 Å². The summed E-state index contributed by atoms with van der Waals surface area (Å²) >= 11 is 5.98. The van der Waals surface area contributed by atoms with E-state index in [0.29, 0.717) is 38.1 Å². The molecule has 3 heterocycles. The van der Waals surface area contributed by atoms with E-state index in [-0.39, 0.29) is 6.10 Å². The maximum absolute atomic E-state index is 5.98. The fraction of sp³-hybridized carbons (Fsp3) is 0.538. The fourth-order valence-electron chi connectivity index (χ4n) is 2.28. The van der Waals surface area contributed by atoms with Gasteiger partial charge in [-0.15, -0.1) is 11.6 Å². The maximum atomic E-state index is 5.98. The van der Waals surface area contributed by atoms with E-state index < -0.39 is 0 Å². The van der Waals surface area contributed by atoms with E-state index >= 15 is 0 Å². The van der Waals surface area contributed by atoms with Crippen molar-refractivity contribution in [3.05, 3.63) is 18.0 Å². The van der Waals surface area contributed by atoms with Crippen LogP contribution in [-0.2, 0) is 21.9 Å². The summed E-state index contributed by atoms with van der Waals surface area (Å²) in [4.78, 5) is 8.94. The molecule has 1 fully saturated rings. The number of rotatable bonds is 4. The number of hydrogen-bond acceptors (Lipinski definition) is 5. The van der Waals surface area contributed by atoms with Crippen LogP contribution in [0.3, 0.4) is 0 Å². The second-order valence-electron chi connectivity index (χ2n) is 4.54. The molecule has 20 heavy (non-hydrogen) atoms. The molecule has 1 saturated heterocycles. The Morgan fingerprint density at radius 2 is 2.30 bits per heavy atom. The minimum atomic E-state index is -0.00359. The Bertz CT molecular complexity index is 596. The molecule has 0 bridgehead atoms. The quantitative estimate of drug-likeness (QED) is 0.802. The SMILES string of the molecule is COc1ccc2nc(CCl)n(CC3COCCO3)c2n1. The number of imidazole rings is 1. The maximum Gasteiger partial charge on any atom is 0.215 e. The summed E-state index contributed by atoms with van der Waals surface area (Å²) < 4.78 is 18.3. The molecule has 0 saturated carbocycles. The molecule has 0 spiro atoms. The Kier molecular flexibility index (Phi) is 4.05. The summed E-state index contributed by atoms with van der Waals surface area (Å²) in [6.07, 6.45) is -0.00359. The van der Waals surface area contributed by atoms with E-state index in [1.165, 1.54) is 0 Å². The molecule has 0 radical (unpaired) electrons. The third-order valence-electron chi connectivity index (χ3n) is 3.25. The summed E-state index contributed by atoms with van der Waals surface area (Å²) in [7, 11) is 1.59. The zero-order valence-electron chi connectivity index (χ0n) is 11.2. The first kappa shape index (κ1) is 13.6. The van der Waals surface area contributed by atoms with Crippen molar-refractivity contribution in [2.24, 2.45) is 0 Å². The van der Waals surface area contributed by atoms with E-state index in [1.54, 1.807) is 13.2 Å². The normalized spacial score (nSPS) is 19.4. The van der Waals surface area contributed by atoms with Gasteiger partial charge in [-0.25, -0.2) is 4.98 Å². The molecule has 0 N–H and O–H groups in total. The highest BCUT2D eigenvalue weighted by atomic mass is 35.5. The van der Waals surface area contributed by atoms with Crippen LogP contribution >= 0.6 is 11.6 Å². The van der Waals surface area contributed by atoms with Crippen LogP contribution in [0.4, 0.5) is 0 Å². The molecule has 2 aromatic heterocycles. The lowest BCUT2D eigenvalue weighted by Gasteiger charge is -2.23. The molecule has 2 aromatic rings. The Hall–Kier alpha value is -1.37. The van der Waals surface area contributed by atoms with Gasteiger partial charge in [0.05, 0.1) is 45.5 Å². The van der Waals surface area contributed by atoms with Gasteiger partial charge in [-0.05, 0) is 6.07 Å². The fourth-order valence-corrected chi connectivity index (χ4v) is 2.49. The minimum absolute atomic E-state index is 0.00359. The molecule has 0 aromatic carbocycles. The summed E-state index contributed by atoms with van der Waals surface area (Å²) in [6.45, 7) is 2.46. The van der Waals surface area contributed by atoms with Crippen molar-refractivity contribution in [3.8, 4) is 5.88 Å². The smallest absolute Gasteiger partial charge is 0.215 e. The van der Waals surface area contributed by atoms with Gasteiger partial charge in [0.2, 0.25) is 5.88 Å². The Balaban J connectivity index is 1.97. The average Bonchev–Trinajstić information content (AvgIpc) is 2.85. The summed E-state index contributed by atoms with van der Waals surface area (Å²) in [6, 6.07) is 3.67. The average molecular weight is 298 g/mol. The van der Waals surface area contributed by atoms with E-state index in [1.807, 2.05) is 10.6 Å². The van der Waals surface area contributed by atoms with Gasteiger partial charge in [0.25, 0.3) is 0 Å². The van der Waals surface area contributed by atoms with Crippen molar-refractivity contribution in [2.75, 3.05) is 26.9 Å². The topological polar surface area (TPSA) is 58.4 Å². The van der Waals surface area contributed by atoms with Crippen LogP contribution in [0.1, 0.15) is 5.82 Å². The van der Waals surface area contributed by atoms with Crippen molar-refractivity contribution in [1.29, 1.82) is 0 Å². The largest absolute Gasteiger partial charge is 0.481 e. The highest BCUT2D eigenvalue weighted by molar-refractivity contribution is 6.16. The zero-order chi connectivity index (χ0) is 13.9. The molecule has 0 aliphatic carbocycles. The number of halogens is 1. The second kappa shape index (κ2) is 5.95. The third-order valence-corrected chi connectivity index (χ3v) is 3.48. The standard InChI is InChI=1S/C13H16ClN3O3/c1-18-12-3-2-10-13(16-12)17(11(6-14)15-10)7-9-8-19-4-5-20-9/h2-3,9H,4-8H2,1H3. The monoisotopic (exact) mass is 297 g/mol. The predicted molar refractivity (Wildman–Crippen MR) is 74.2 cm³/mol. The zero-order valence-corrected chi connectivity index (χ0v) is 12.0. The van der Waals surface area contributed by atoms with Crippen molar-refractivity contribution in [1.82, 2.24) is 14.5 Å². The van der Waals surface area contributed by atoms with Gasteiger partial charge in [-0.1, -0.05) is 0 Å². The van der Waals surface area contributed by atoms with Crippen LogP contribution < -0.4 is 4.74 Å². The summed E-state index contributed by atoms with van der Waals surface area (Å²) in [5.41, 5.74) is 1.56. The van der Waals surface area contributed by atoms with Crippen LogP contribution in [0.5, 0.6) is 5.88 Å². The van der Waals surface area contributed by atoms with Gasteiger partial charge in [-0.2, -0.15) is 4.98 Å². The number of aromatic nitrogens is 3. The molecular formula is C13H16ClN3O3. The second-order valence-corrected chi connectivity index (χ2v) is 4.80. The number of methoxy groups -OCH3 is 1. The highest BCUT2D eigenvalue weighted by Crippen LogP contribution is 2.20. The first-order valence-corrected chi connectivity index (χ1v) is 7.00. The van der Waals surface area contributed by atoms with Crippen molar-refractivity contribution in [3.63, 3.8) is 0 Å². The first-order chi connectivity index (χ1) is 9.81. The number of ether oxygens (including phenoxy) is 3. The van der Waals surface area contributed by atoms with Crippen molar-refractivity contribution >= 4 is 22.8 Å². The lowest BCUT2D eigenvalue weighted by molar-refractivity contribution is -0.0934. The Morgan fingerprint density at radius 3 is 3.00 bits per heavy atom. The first-order valence-electron chi connectivity index (χ1n) is 6.47. The van der Waals surface area contributed by atoms with Crippen LogP contribution in [0.2, 0.25) is 0 Å². The number of alkyl halides is 1. The predicted octanol–water partition coefficient (Wildman–Crippen LogP) is 1.59. The minimum Gasteiger partial charge on any atom is -0.481 e. The molecule has 1 atom stereocenters. The van der Waals surface area contributed by atoms with E-state index in [2.05, 4.69) is 9.97 Å². The van der Waals surface area contributed by atoms with Gasteiger partial charge in [0.15, 0.2) is 5.65 Å². The number of nitrogens with zero attached hydrogens (tertiary/aromatic N) is 3. The molecule has 3 rings (SSSR count). The number of pyridine rings is 1. The van der Waals surface area contributed by atoms with Crippen LogP contribution in [-0.4, -0.2) is 47.6 Å². The molecular weight excluding hydrogens is 282 g/mol. The van der Waals surface area contributed by atoms with Crippen molar-refractivity contribution < 1.29 is 14.2 Å². The molecule has 0 amide bonds. The molecule has 6 nitrogen and oxygen atoms in total. The molecule has 7 heteroatoms. The van der Waals surface area contributed by atoms with Gasteiger partial charge in [-0.3, -0.25) is 0 Å². The van der Waals surface area contributed by atoms with Crippen molar-refractivity contribution in [2.45, 2.75) is 18.5 Å². The molecule has 1 aliphatic heterocycles. The van der Waals surface area contributed by atoms with E-state index in [0.717, 1.165) is 17.0 Å². The summed E-state index contributed by atoms with van der Waals surface area (Å²) in [5.74, 6) is 1.66. The lowest BCUT2D eigenvalue weighted by atomic mass is 10.3. The van der Waals surface area contributed by atoms with Crippen LogP contribution in [0, 0.1) is 0 Å². The van der Waals surface area contributed by atoms with E-state index in [4.69, 9.17) is 25.8 Å². The van der Waals surface area contributed by atoms with Gasteiger partial charge in [0.1, 0.15) is 11.3 Å². The molecule has 1 unspecified atom stereocenters. The van der Waals surface area contributed by atoms with Crippen LogP contribution in [0.25, 0.3) is 11.2 Å². The van der Waals surface area contributed by atoms with Crippen LogP contribution in [0.15, 0.2) is 12.1 Å². The highest BCUT2D eigenvalue weighted by Gasteiger charge is 2.19. The Labute approximate surface area is 121 Å². The molecule has 108 valence electrons. The number of fused-ring (bicyclic) bond motifs is 1. The Morgan fingerprint density at radius 1 is 1.40 bits per heavy atom. The number of hydrogen-bond donors (Lipinski definition) is 0. The van der Waals surface area contributed by atoms with Gasteiger partial charge in [0, 0.05) is 6.07 Å². The third kappa shape index (κ3) is 2.59.